The Kier molecular flexibility index (Phi) is 7.14. The molecule has 186 valence electrons. The lowest BCUT2D eigenvalue weighted by Gasteiger charge is -2.31. The molecular formula is C24H26ClFN4O4S. The molecule has 11 heteroatoms. The first-order chi connectivity index (χ1) is 16.6. The number of ether oxygens (including phenoxy) is 2. The highest BCUT2D eigenvalue weighted by Crippen LogP contribution is 2.42. The SMILES string of the molecule is CCOC(=O)C1=C2CC(NC(=O)OC(C)(C)C)CN2C(c2nccs2)=NC1c1ccc(F)cc1Cl. The van der Waals surface area contributed by atoms with Crippen molar-refractivity contribution in [1.82, 2.24) is 15.2 Å². The molecule has 1 aromatic carbocycles. The zero-order valence-corrected chi connectivity index (χ0v) is 21.4. The molecule has 0 saturated carbocycles. The Bertz CT molecular complexity index is 1190. The molecule has 2 aliphatic heterocycles. The largest absolute Gasteiger partial charge is 0.463 e. The van der Waals surface area contributed by atoms with Gasteiger partial charge in [-0.15, -0.1) is 11.3 Å². The van der Waals surface area contributed by atoms with Crippen LogP contribution in [-0.2, 0) is 14.3 Å². The Balaban J connectivity index is 1.79. The van der Waals surface area contributed by atoms with E-state index in [0.717, 1.165) is 0 Å². The summed E-state index contributed by atoms with van der Waals surface area (Å²) in [5.74, 6) is -0.493. The van der Waals surface area contributed by atoms with Crippen molar-refractivity contribution in [3.8, 4) is 0 Å². The zero-order chi connectivity index (χ0) is 25.3. The summed E-state index contributed by atoms with van der Waals surface area (Å²) in [5.41, 5.74) is 0.772. The molecule has 1 fully saturated rings. The van der Waals surface area contributed by atoms with E-state index in [-0.39, 0.29) is 17.7 Å². The van der Waals surface area contributed by atoms with Gasteiger partial charge in [-0.2, -0.15) is 0 Å². The van der Waals surface area contributed by atoms with Crippen LogP contribution in [0.5, 0.6) is 0 Å². The number of alkyl carbamates (subject to hydrolysis) is 1. The van der Waals surface area contributed by atoms with Gasteiger partial charge in [-0.05, 0) is 39.8 Å². The topological polar surface area (TPSA) is 93.1 Å². The van der Waals surface area contributed by atoms with E-state index in [1.165, 1.54) is 29.5 Å². The summed E-state index contributed by atoms with van der Waals surface area (Å²) in [7, 11) is 0. The Morgan fingerprint density at radius 1 is 1.34 bits per heavy atom. The molecule has 1 aromatic heterocycles. The molecular weight excluding hydrogens is 495 g/mol. The predicted octanol–water partition coefficient (Wildman–Crippen LogP) is 4.85. The highest BCUT2D eigenvalue weighted by molar-refractivity contribution is 7.11. The summed E-state index contributed by atoms with van der Waals surface area (Å²) >= 11 is 7.80. The van der Waals surface area contributed by atoms with E-state index in [1.807, 2.05) is 10.3 Å². The summed E-state index contributed by atoms with van der Waals surface area (Å²) in [5, 5.41) is 5.51. The minimum absolute atomic E-state index is 0.148. The molecule has 2 aliphatic rings. The van der Waals surface area contributed by atoms with Gasteiger partial charge in [0.2, 0.25) is 0 Å². The van der Waals surface area contributed by atoms with Gasteiger partial charge >= 0.3 is 12.1 Å². The van der Waals surface area contributed by atoms with Crippen molar-refractivity contribution in [3.63, 3.8) is 0 Å². The van der Waals surface area contributed by atoms with Gasteiger partial charge in [-0.25, -0.2) is 19.0 Å². The second kappa shape index (κ2) is 9.94. The quantitative estimate of drug-likeness (QED) is 0.566. The minimum Gasteiger partial charge on any atom is -0.463 e. The molecule has 2 aromatic rings. The first kappa shape index (κ1) is 25.1. The monoisotopic (exact) mass is 520 g/mol. The van der Waals surface area contributed by atoms with Crippen LogP contribution in [0.25, 0.3) is 0 Å². The molecule has 2 unspecified atom stereocenters. The highest BCUT2D eigenvalue weighted by Gasteiger charge is 2.43. The molecule has 0 bridgehead atoms. The summed E-state index contributed by atoms with van der Waals surface area (Å²) in [4.78, 5) is 36.8. The van der Waals surface area contributed by atoms with E-state index >= 15 is 0 Å². The highest BCUT2D eigenvalue weighted by atomic mass is 35.5. The molecule has 4 rings (SSSR count). The van der Waals surface area contributed by atoms with Crippen LogP contribution in [0.2, 0.25) is 5.02 Å². The zero-order valence-electron chi connectivity index (χ0n) is 19.8. The van der Waals surface area contributed by atoms with Crippen molar-refractivity contribution in [2.75, 3.05) is 13.2 Å². The number of rotatable bonds is 5. The lowest BCUT2D eigenvalue weighted by Crippen LogP contribution is -2.41. The summed E-state index contributed by atoms with van der Waals surface area (Å²) in [6.45, 7) is 7.61. The van der Waals surface area contributed by atoms with Gasteiger partial charge in [-0.1, -0.05) is 17.7 Å². The van der Waals surface area contributed by atoms with E-state index in [4.69, 9.17) is 26.1 Å². The number of nitrogens with zero attached hydrogens (tertiary/aromatic N) is 3. The fourth-order valence-electron chi connectivity index (χ4n) is 4.08. The molecule has 0 radical (unpaired) electrons. The van der Waals surface area contributed by atoms with Gasteiger partial charge in [0.15, 0.2) is 10.8 Å². The van der Waals surface area contributed by atoms with Crippen LogP contribution in [0.1, 0.15) is 50.7 Å². The fraction of sp³-hybridized carbons (Fsp3) is 0.417. The average molecular weight is 521 g/mol. The van der Waals surface area contributed by atoms with Crippen LogP contribution >= 0.6 is 22.9 Å². The summed E-state index contributed by atoms with van der Waals surface area (Å²) < 4.78 is 24.6. The fourth-order valence-corrected chi connectivity index (χ4v) is 5.00. The normalized spacial score (nSPS) is 19.8. The van der Waals surface area contributed by atoms with Crippen molar-refractivity contribution < 1.29 is 23.5 Å². The number of carbonyl (C=O) groups is 2. The Morgan fingerprint density at radius 3 is 2.74 bits per heavy atom. The van der Waals surface area contributed by atoms with Gasteiger partial charge in [0.1, 0.15) is 17.5 Å². The lowest BCUT2D eigenvalue weighted by atomic mass is 9.94. The van der Waals surface area contributed by atoms with E-state index in [0.29, 0.717) is 40.6 Å². The smallest absolute Gasteiger partial charge is 0.407 e. The van der Waals surface area contributed by atoms with E-state index < -0.39 is 29.5 Å². The number of fused-ring (bicyclic) bond motifs is 1. The third kappa shape index (κ3) is 5.48. The number of esters is 1. The number of benzene rings is 1. The molecule has 0 aliphatic carbocycles. The Morgan fingerprint density at radius 2 is 2.11 bits per heavy atom. The minimum atomic E-state index is -0.826. The number of hydrogen-bond acceptors (Lipinski definition) is 8. The maximum Gasteiger partial charge on any atom is 0.407 e. The average Bonchev–Trinajstić information content (AvgIpc) is 3.41. The maximum atomic E-state index is 13.8. The summed E-state index contributed by atoms with van der Waals surface area (Å²) in [6, 6.07) is 2.81. The van der Waals surface area contributed by atoms with Crippen molar-refractivity contribution in [1.29, 1.82) is 0 Å². The van der Waals surface area contributed by atoms with Crippen LogP contribution in [0.3, 0.4) is 0 Å². The van der Waals surface area contributed by atoms with Crippen LogP contribution in [0.4, 0.5) is 9.18 Å². The van der Waals surface area contributed by atoms with E-state index in [1.54, 1.807) is 33.9 Å². The number of amidine groups is 1. The van der Waals surface area contributed by atoms with E-state index in [9.17, 15) is 14.0 Å². The first-order valence-electron chi connectivity index (χ1n) is 11.2. The van der Waals surface area contributed by atoms with Crippen molar-refractivity contribution in [3.05, 3.63) is 62.5 Å². The third-order valence-corrected chi connectivity index (χ3v) is 6.45. The van der Waals surface area contributed by atoms with Gasteiger partial charge < -0.3 is 19.7 Å². The molecule has 2 atom stereocenters. The Labute approximate surface area is 211 Å². The van der Waals surface area contributed by atoms with Crippen LogP contribution < -0.4 is 5.32 Å². The van der Waals surface area contributed by atoms with Gasteiger partial charge in [0.05, 0.1) is 18.2 Å². The predicted molar refractivity (Wildman–Crippen MR) is 131 cm³/mol. The number of amides is 1. The molecule has 8 nitrogen and oxygen atoms in total. The van der Waals surface area contributed by atoms with Crippen LogP contribution in [0, 0.1) is 5.82 Å². The first-order valence-corrected chi connectivity index (χ1v) is 12.4. The number of nitrogens with one attached hydrogen (secondary N) is 1. The number of aromatic nitrogens is 1. The molecule has 1 saturated heterocycles. The molecule has 1 amide bonds. The Hall–Kier alpha value is -2.98. The second-order valence-corrected chi connectivity index (χ2v) is 10.4. The standard InChI is InChI=1S/C24H26ClFN4O4S/c1-5-33-22(31)18-17-11-14(28-23(32)34-24(2,3)4)12-30(17)20(21-27-8-9-35-21)29-19(18)15-7-6-13(26)10-16(15)25/h6-10,14,19H,5,11-12H2,1-4H3,(H,28,32). The van der Waals surface area contributed by atoms with Crippen molar-refractivity contribution in [2.24, 2.45) is 4.99 Å². The molecule has 3 heterocycles. The molecule has 1 N–H and O–H groups in total. The number of carbonyl (C=O) groups excluding carboxylic acids is 2. The van der Waals surface area contributed by atoms with Crippen molar-refractivity contribution >= 4 is 40.8 Å². The molecule has 0 spiro atoms. The number of halogens is 2. The lowest BCUT2D eigenvalue weighted by molar-refractivity contribution is -0.139. The number of hydrogen-bond donors (Lipinski definition) is 1. The maximum absolute atomic E-state index is 13.8. The third-order valence-electron chi connectivity index (χ3n) is 5.36. The van der Waals surface area contributed by atoms with Crippen molar-refractivity contribution in [2.45, 2.75) is 51.8 Å². The van der Waals surface area contributed by atoms with Gasteiger partial charge in [0, 0.05) is 40.8 Å². The summed E-state index contributed by atoms with van der Waals surface area (Å²) in [6.07, 6.45) is 1.46. The molecule has 35 heavy (non-hydrogen) atoms. The van der Waals surface area contributed by atoms with Gasteiger partial charge in [0.25, 0.3) is 0 Å². The van der Waals surface area contributed by atoms with E-state index in [2.05, 4.69) is 10.3 Å². The van der Waals surface area contributed by atoms with Crippen LogP contribution in [-0.4, -0.2) is 52.6 Å². The number of thiazole rings is 1. The van der Waals surface area contributed by atoms with Crippen LogP contribution in [0.15, 0.2) is 46.0 Å². The number of aliphatic imine (C=N–C) groups is 1. The van der Waals surface area contributed by atoms with Gasteiger partial charge in [-0.3, -0.25) is 4.99 Å². The second-order valence-electron chi connectivity index (χ2n) is 9.10.